The van der Waals surface area contributed by atoms with Crippen molar-refractivity contribution in [2.24, 2.45) is 11.8 Å². The summed E-state index contributed by atoms with van der Waals surface area (Å²) in [6, 6.07) is 0. The molecule has 1 aliphatic heterocycles. The van der Waals surface area contributed by atoms with Crippen molar-refractivity contribution >= 4 is 23.1 Å². The fourth-order valence-electron chi connectivity index (χ4n) is 2.84. The van der Waals surface area contributed by atoms with E-state index in [0.29, 0.717) is 12.1 Å². The average Bonchev–Trinajstić information content (AvgIpc) is 3.24. The second-order valence-corrected chi connectivity index (χ2v) is 7.34. The van der Waals surface area contributed by atoms with Crippen molar-refractivity contribution in [3.8, 4) is 0 Å². The van der Waals surface area contributed by atoms with E-state index in [4.69, 9.17) is 14.2 Å². The molecular weight excluding hydrogens is 368 g/mol. The van der Waals surface area contributed by atoms with Gasteiger partial charge in [0.05, 0.1) is 24.5 Å². The number of hydrogen-bond donors (Lipinski definition) is 1. The van der Waals surface area contributed by atoms with Crippen LogP contribution in [0.3, 0.4) is 0 Å². The largest absolute Gasteiger partial charge is 0.463 e. The molecule has 0 spiro atoms. The highest BCUT2D eigenvalue weighted by Crippen LogP contribution is 2.33. The van der Waals surface area contributed by atoms with Crippen LogP contribution in [0.5, 0.6) is 0 Å². The number of H-pyrrole nitrogens is 1. The second-order valence-electron chi connectivity index (χ2n) is 7.34. The number of carbonyl (C=O) groups is 2. The van der Waals surface area contributed by atoms with Gasteiger partial charge in [-0.25, -0.2) is 9.97 Å². The van der Waals surface area contributed by atoms with E-state index in [1.165, 1.54) is 12.7 Å². The number of esters is 2. The van der Waals surface area contributed by atoms with Crippen LogP contribution in [-0.4, -0.2) is 50.3 Å². The van der Waals surface area contributed by atoms with Gasteiger partial charge < -0.3 is 19.2 Å². The number of ether oxygens (including phenoxy) is 3. The van der Waals surface area contributed by atoms with Crippen molar-refractivity contribution in [2.45, 2.75) is 52.6 Å². The lowest BCUT2D eigenvalue weighted by molar-refractivity contribution is -0.162. The van der Waals surface area contributed by atoms with Gasteiger partial charge in [0, 0.05) is 6.42 Å². The molecule has 0 aromatic carbocycles. The number of rotatable bonds is 6. The summed E-state index contributed by atoms with van der Waals surface area (Å²) in [6.45, 7) is 6.91. The molecule has 2 aromatic heterocycles. The van der Waals surface area contributed by atoms with E-state index in [9.17, 15) is 14.4 Å². The zero-order valence-corrected chi connectivity index (χ0v) is 16.2. The monoisotopic (exact) mass is 392 g/mol. The minimum absolute atomic E-state index is 0.0375. The molecule has 10 nitrogen and oxygen atoms in total. The third-order valence-corrected chi connectivity index (χ3v) is 4.46. The molecule has 10 heteroatoms. The Balaban J connectivity index is 1.81. The predicted molar refractivity (Wildman–Crippen MR) is 97.2 cm³/mol. The summed E-state index contributed by atoms with van der Waals surface area (Å²) in [5.41, 5.74) is 0.200. The van der Waals surface area contributed by atoms with Crippen molar-refractivity contribution in [1.29, 1.82) is 0 Å². The SMILES string of the molecule is CC(C)C(=O)OC[C@H]1O[C@@H](n2cnc3c(=O)[nH]cnc32)C[C@@H]1OC(=O)C(C)C. The summed E-state index contributed by atoms with van der Waals surface area (Å²) in [4.78, 5) is 46.5. The smallest absolute Gasteiger partial charge is 0.308 e. The number of nitrogens with one attached hydrogen (secondary N) is 1. The van der Waals surface area contributed by atoms with Gasteiger partial charge in [0.15, 0.2) is 11.2 Å². The summed E-state index contributed by atoms with van der Waals surface area (Å²) < 4.78 is 18.5. The first-order chi connectivity index (χ1) is 13.3. The Morgan fingerprint density at radius 1 is 1.25 bits per heavy atom. The van der Waals surface area contributed by atoms with Gasteiger partial charge in [-0.1, -0.05) is 27.7 Å². The number of imidazole rings is 1. The van der Waals surface area contributed by atoms with E-state index in [2.05, 4.69) is 15.0 Å². The Morgan fingerprint density at radius 3 is 2.64 bits per heavy atom. The highest BCUT2D eigenvalue weighted by atomic mass is 16.6. The molecule has 2 aromatic rings. The third kappa shape index (κ3) is 4.06. The average molecular weight is 392 g/mol. The molecule has 1 fully saturated rings. The van der Waals surface area contributed by atoms with Gasteiger partial charge in [-0.2, -0.15) is 0 Å². The lowest BCUT2D eigenvalue weighted by Crippen LogP contribution is -2.33. The number of fused-ring (bicyclic) bond motifs is 1. The minimum Gasteiger partial charge on any atom is -0.463 e. The van der Waals surface area contributed by atoms with Crippen molar-refractivity contribution in [3.05, 3.63) is 23.0 Å². The Morgan fingerprint density at radius 2 is 1.96 bits per heavy atom. The molecule has 0 amide bonds. The van der Waals surface area contributed by atoms with E-state index in [-0.39, 0.29) is 41.5 Å². The van der Waals surface area contributed by atoms with Gasteiger partial charge in [-0.3, -0.25) is 19.0 Å². The molecular formula is C18H24N4O6. The topological polar surface area (TPSA) is 125 Å². The molecule has 0 unspecified atom stereocenters. The number of aromatic amines is 1. The zero-order chi connectivity index (χ0) is 20.4. The van der Waals surface area contributed by atoms with Crippen LogP contribution in [0.25, 0.3) is 11.2 Å². The Bertz CT molecular complexity index is 918. The highest BCUT2D eigenvalue weighted by Gasteiger charge is 2.40. The lowest BCUT2D eigenvalue weighted by atomic mass is 10.1. The van der Waals surface area contributed by atoms with Crippen LogP contribution in [0, 0.1) is 11.8 Å². The molecule has 1 aliphatic rings. The molecule has 0 radical (unpaired) electrons. The molecule has 0 aliphatic carbocycles. The third-order valence-electron chi connectivity index (χ3n) is 4.46. The van der Waals surface area contributed by atoms with Crippen molar-refractivity contribution < 1.29 is 23.8 Å². The maximum Gasteiger partial charge on any atom is 0.308 e. The summed E-state index contributed by atoms with van der Waals surface area (Å²) in [5.74, 6) is -1.30. The maximum absolute atomic E-state index is 12.1. The van der Waals surface area contributed by atoms with Gasteiger partial charge in [-0.15, -0.1) is 0 Å². The fourth-order valence-corrected chi connectivity index (χ4v) is 2.84. The Hall–Kier alpha value is -2.75. The molecule has 28 heavy (non-hydrogen) atoms. The summed E-state index contributed by atoms with van der Waals surface area (Å²) >= 11 is 0. The number of nitrogens with zero attached hydrogens (tertiary/aromatic N) is 3. The van der Waals surface area contributed by atoms with Crippen LogP contribution in [0.4, 0.5) is 0 Å². The molecule has 0 saturated carbocycles. The highest BCUT2D eigenvalue weighted by molar-refractivity contribution is 5.72. The van der Waals surface area contributed by atoms with Crippen molar-refractivity contribution in [2.75, 3.05) is 6.61 Å². The first-order valence-electron chi connectivity index (χ1n) is 9.20. The second kappa shape index (κ2) is 8.09. The minimum atomic E-state index is -0.630. The fraction of sp³-hybridized carbons (Fsp3) is 0.611. The Labute approximate surface area is 161 Å². The Kier molecular flexibility index (Phi) is 5.78. The van der Waals surface area contributed by atoms with E-state index in [1.54, 1.807) is 32.3 Å². The molecule has 0 bridgehead atoms. The molecule has 1 saturated heterocycles. The quantitative estimate of drug-likeness (QED) is 0.726. The first kappa shape index (κ1) is 20.0. The maximum atomic E-state index is 12.1. The van der Waals surface area contributed by atoms with Crippen molar-refractivity contribution in [3.63, 3.8) is 0 Å². The van der Waals surface area contributed by atoms with Crippen LogP contribution in [0.15, 0.2) is 17.4 Å². The van der Waals surface area contributed by atoms with Gasteiger partial charge in [-0.05, 0) is 0 Å². The number of carbonyl (C=O) groups excluding carboxylic acids is 2. The standard InChI is InChI=1S/C18H24N4O6/c1-9(2)17(24)26-6-12-11(28-18(25)10(3)4)5-13(27-12)22-8-21-14-15(22)19-7-20-16(14)23/h7-13H,5-6H2,1-4H3,(H,19,20,23)/t11-,12+,13+/m0/s1. The van der Waals surface area contributed by atoms with Gasteiger partial charge in [0.25, 0.3) is 5.56 Å². The van der Waals surface area contributed by atoms with E-state index < -0.39 is 18.4 Å². The van der Waals surface area contributed by atoms with Crippen LogP contribution < -0.4 is 5.56 Å². The van der Waals surface area contributed by atoms with Crippen LogP contribution in [0.2, 0.25) is 0 Å². The molecule has 1 N–H and O–H groups in total. The van der Waals surface area contributed by atoms with Crippen LogP contribution in [0.1, 0.15) is 40.3 Å². The normalized spacial score (nSPS) is 22.1. The molecule has 152 valence electrons. The molecule has 3 heterocycles. The summed E-state index contributed by atoms with van der Waals surface area (Å²) in [6.07, 6.45) is 1.28. The first-order valence-corrected chi connectivity index (χ1v) is 9.20. The van der Waals surface area contributed by atoms with Crippen LogP contribution in [-0.2, 0) is 23.8 Å². The number of aromatic nitrogens is 4. The predicted octanol–water partition coefficient (Wildman–Crippen LogP) is 1.17. The van der Waals surface area contributed by atoms with E-state index in [0.717, 1.165) is 0 Å². The van der Waals surface area contributed by atoms with Gasteiger partial charge >= 0.3 is 11.9 Å². The lowest BCUT2D eigenvalue weighted by Gasteiger charge is -2.20. The summed E-state index contributed by atoms with van der Waals surface area (Å²) in [7, 11) is 0. The summed E-state index contributed by atoms with van der Waals surface area (Å²) in [5, 5.41) is 0. The molecule has 3 atom stereocenters. The van der Waals surface area contributed by atoms with Crippen molar-refractivity contribution in [1.82, 2.24) is 19.5 Å². The van der Waals surface area contributed by atoms with E-state index in [1.807, 2.05) is 0 Å². The van der Waals surface area contributed by atoms with Gasteiger partial charge in [0.2, 0.25) is 0 Å². The zero-order valence-electron chi connectivity index (χ0n) is 16.2. The number of hydrogen-bond acceptors (Lipinski definition) is 8. The molecule has 3 rings (SSSR count). The van der Waals surface area contributed by atoms with Crippen LogP contribution >= 0.6 is 0 Å². The van der Waals surface area contributed by atoms with E-state index >= 15 is 0 Å². The van der Waals surface area contributed by atoms with Gasteiger partial charge in [0.1, 0.15) is 25.0 Å².